The van der Waals surface area contributed by atoms with Crippen LogP contribution in [0.5, 0.6) is 0 Å². The molecule has 1 aliphatic rings. The summed E-state index contributed by atoms with van der Waals surface area (Å²) < 4.78 is 0. The lowest BCUT2D eigenvalue weighted by Gasteiger charge is -2.16. The Hall–Kier alpha value is -3.48. The number of H-pyrrole nitrogens is 1. The van der Waals surface area contributed by atoms with E-state index in [0.29, 0.717) is 36.1 Å². The second-order valence-corrected chi connectivity index (χ2v) is 7.12. The molecule has 1 fully saturated rings. The summed E-state index contributed by atoms with van der Waals surface area (Å²) in [4.78, 5) is 45.0. The van der Waals surface area contributed by atoms with E-state index in [4.69, 9.17) is 0 Å². The van der Waals surface area contributed by atoms with E-state index in [9.17, 15) is 14.4 Å². The molecule has 29 heavy (non-hydrogen) atoms. The first-order valence-electron chi connectivity index (χ1n) is 9.74. The van der Waals surface area contributed by atoms with Crippen LogP contribution in [0, 0.1) is 0 Å². The lowest BCUT2D eigenvalue weighted by atomic mass is 10.2. The lowest BCUT2D eigenvalue weighted by molar-refractivity contribution is -0.121. The van der Waals surface area contributed by atoms with Gasteiger partial charge in [0.15, 0.2) is 0 Å². The van der Waals surface area contributed by atoms with Crippen LogP contribution < -0.4 is 15.8 Å². The molecule has 0 aliphatic carbocycles. The van der Waals surface area contributed by atoms with Crippen LogP contribution in [0.3, 0.4) is 0 Å². The quantitative estimate of drug-likeness (QED) is 0.675. The van der Waals surface area contributed by atoms with E-state index in [1.54, 1.807) is 23.1 Å². The van der Waals surface area contributed by atoms with Crippen LogP contribution in [-0.4, -0.2) is 28.3 Å². The second-order valence-electron chi connectivity index (χ2n) is 7.12. The molecule has 0 atom stereocenters. The van der Waals surface area contributed by atoms with Gasteiger partial charge in [0.2, 0.25) is 11.8 Å². The number of carbonyl (C=O) groups excluding carboxylic acids is 2. The number of aromatic nitrogens is 2. The molecule has 1 aromatic heterocycles. The van der Waals surface area contributed by atoms with Crippen LogP contribution in [0.25, 0.3) is 10.9 Å². The third kappa shape index (κ3) is 4.34. The molecule has 3 aromatic rings. The van der Waals surface area contributed by atoms with Crippen LogP contribution in [0.1, 0.15) is 30.7 Å². The number of anilines is 1. The largest absolute Gasteiger partial charge is 0.352 e. The summed E-state index contributed by atoms with van der Waals surface area (Å²) >= 11 is 0. The highest BCUT2D eigenvalue weighted by molar-refractivity contribution is 5.95. The summed E-state index contributed by atoms with van der Waals surface area (Å²) in [6, 6.07) is 14.8. The minimum absolute atomic E-state index is 0.111. The number of aryl methyl sites for hydroxylation is 1. The van der Waals surface area contributed by atoms with Gasteiger partial charge >= 0.3 is 0 Å². The Kier molecular flexibility index (Phi) is 5.37. The molecule has 148 valence electrons. The minimum Gasteiger partial charge on any atom is -0.352 e. The average Bonchev–Trinajstić information content (AvgIpc) is 3.17. The predicted molar refractivity (Wildman–Crippen MR) is 111 cm³/mol. The van der Waals surface area contributed by atoms with Gasteiger partial charge in [-0.1, -0.05) is 24.3 Å². The van der Waals surface area contributed by atoms with Gasteiger partial charge in [-0.3, -0.25) is 14.4 Å². The van der Waals surface area contributed by atoms with E-state index in [-0.39, 0.29) is 23.8 Å². The molecule has 4 rings (SSSR count). The number of nitrogens with one attached hydrogen (secondary N) is 2. The molecule has 0 bridgehead atoms. The molecule has 0 saturated carbocycles. The van der Waals surface area contributed by atoms with Gasteiger partial charge in [-0.05, 0) is 36.2 Å². The topological polar surface area (TPSA) is 95.2 Å². The highest BCUT2D eigenvalue weighted by atomic mass is 16.2. The Bertz CT molecular complexity index is 1100. The first-order chi connectivity index (χ1) is 14.1. The monoisotopic (exact) mass is 390 g/mol. The summed E-state index contributed by atoms with van der Waals surface area (Å²) in [5.41, 5.74) is 2.30. The summed E-state index contributed by atoms with van der Waals surface area (Å²) in [6.45, 7) is 1.18. The van der Waals surface area contributed by atoms with Crippen molar-refractivity contribution in [2.75, 3.05) is 11.4 Å². The van der Waals surface area contributed by atoms with E-state index in [1.807, 2.05) is 30.3 Å². The van der Waals surface area contributed by atoms with Gasteiger partial charge in [-0.2, -0.15) is 0 Å². The third-order valence-electron chi connectivity index (χ3n) is 5.06. The standard InChI is InChI=1S/C22H22N4O3/c27-20(12-11-19-24-18-5-2-1-4-17(18)22(29)25-19)23-14-15-7-9-16(10-8-15)26-13-3-6-21(26)28/h1-2,4-5,7-10H,3,6,11-14H2,(H,23,27)(H,24,25,29). The van der Waals surface area contributed by atoms with Crippen molar-refractivity contribution in [2.24, 2.45) is 0 Å². The van der Waals surface area contributed by atoms with Crippen molar-refractivity contribution in [1.29, 1.82) is 0 Å². The van der Waals surface area contributed by atoms with Crippen molar-refractivity contribution < 1.29 is 9.59 Å². The number of fused-ring (bicyclic) bond motifs is 1. The van der Waals surface area contributed by atoms with Crippen molar-refractivity contribution in [3.05, 3.63) is 70.3 Å². The van der Waals surface area contributed by atoms with Gasteiger partial charge in [0, 0.05) is 38.0 Å². The number of benzene rings is 2. The van der Waals surface area contributed by atoms with E-state index in [0.717, 1.165) is 24.2 Å². The molecule has 2 aromatic carbocycles. The van der Waals surface area contributed by atoms with Crippen LogP contribution >= 0.6 is 0 Å². The summed E-state index contributed by atoms with van der Waals surface area (Å²) in [5, 5.41) is 3.42. The molecular formula is C22H22N4O3. The first kappa shape index (κ1) is 18.9. The Morgan fingerprint density at radius 2 is 1.90 bits per heavy atom. The van der Waals surface area contributed by atoms with Gasteiger partial charge in [0.25, 0.3) is 5.56 Å². The maximum absolute atomic E-state index is 12.2. The number of amides is 2. The summed E-state index contributed by atoms with van der Waals surface area (Å²) in [5.74, 6) is 0.550. The highest BCUT2D eigenvalue weighted by Gasteiger charge is 2.21. The van der Waals surface area contributed by atoms with Crippen molar-refractivity contribution in [3.63, 3.8) is 0 Å². The molecule has 0 spiro atoms. The molecular weight excluding hydrogens is 368 g/mol. The zero-order valence-corrected chi connectivity index (χ0v) is 16.0. The molecule has 0 unspecified atom stereocenters. The fraction of sp³-hybridized carbons (Fsp3) is 0.273. The molecule has 0 radical (unpaired) electrons. The van der Waals surface area contributed by atoms with Crippen molar-refractivity contribution >= 4 is 28.4 Å². The fourth-order valence-corrected chi connectivity index (χ4v) is 3.49. The van der Waals surface area contributed by atoms with E-state index >= 15 is 0 Å². The molecule has 1 aliphatic heterocycles. The predicted octanol–water partition coefficient (Wildman–Crippen LogP) is 2.30. The van der Waals surface area contributed by atoms with Crippen LogP contribution in [-0.2, 0) is 22.6 Å². The van der Waals surface area contributed by atoms with Crippen molar-refractivity contribution in [3.8, 4) is 0 Å². The van der Waals surface area contributed by atoms with Crippen LogP contribution in [0.2, 0.25) is 0 Å². The number of nitrogens with zero attached hydrogens (tertiary/aromatic N) is 2. The zero-order valence-electron chi connectivity index (χ0n) is 16.0. The lowest BCUT2D eigenvalue weighted by Crippen LogP contribution is -2.24. The van der Waals surface area contributed by atoms with E-state index in [1.165, 1.54) is 0 Å². The number of aromatic amines is 1. The molecule has 1 saturated heterocycles. The normalized spacial score (nSPS) is 13.8. The van der Waals surface area contributed by atoms with Crippen molar-refractivity contribution in [2.45, 2.75) is 32.2 Å². The summed E-state index contributed by atoms with van der Waals surface area (Å²) in [7, 11) is 0. The fourth-order valence-electron chi connectivity index (χ4n) is 3.49. The van der Waals surface area contributed by atoms with E-state index < -0.39 is 0 Å². The second kappa shape index (κ2) is 8.26. The Morgan fingerprint density at radius 3 is 2.66 bits per heavy atom. The van der Waals surface area contributed by atoms with Gasteiger partial charge in [-0.15, -0.1) is 0 Å². The van der Waals surface area contributed by atoms with Crippen molar-refractivity contribution in [1.82, 2.24) is 15.3 Å². The number of hydrogen-bond donors (Lipinski definition) is 2. The molecule has 2 N–H and O–H groups in total. The minimum atomic E-state index is -0.192. The molecule has 2 amide bonds. The average molecular weight is 390 g/mol. The van der Waals surface area contributed by atoms with Gasteiger partial charge in [0.1, 0.15) is 5.82 Å². The Labute approximate surface area is 167 Å². The smallest absolute Gasteiger partial charge is 0.258 e. The van der Waals surface area contributed by atoms with Crippen LogP contribution in [0.15, 0.2) is 53.3 Å². The molecule has 7 nitrogen and oxygen atoms in total. The number of para-hydroxylation sites is 1. The number of hydrogen-bond acceptors (Lipinski definition) is 4. The number of carbonyl (C=O) groups is 2. The molecule has 7 heteroatoms. The SMILES string of the molecule is O=C(CCc1nc2ccccc2c(=O)[nH]1)NCc1ccc(N2CCCC2=O)cc1. The first-order valence-corrected chi connectivity index (χ1v) is 9.74. The van der Waals surface area contributed by atoms with Gasteiger partial charge in [-0.25, -0.2) is 4.98 Å². The van der Waals surface area contributed by atoms with Crippen LogP contribution in [0.4, 0.5) is 5.69 Å². The third-order valence-corrected chi connectivity index (χ3v) is 5.06. The highest BCUT2D eigenvalue weighted by Crippen LogP contribution is 2.21. The summed E-state index contributed by atoms with van der Waals surface area (Å²) in [6.07, 6.45) is 2.10. The Balaban J connectivity index is 1.30. The van der Waals surface area contributed by atoms with Gasteiger partial charge < -0.3 is 15.2 Å². The van der Waals surface area contributed by atoms with E-state index in [2.05, 4.69) is 15.3 Å². The maximum Gasteiger partial charge on any atom is 0.258 e. The van der Waals surface area contributed by atoms with Gasteiger partial charge in [0.05, 0.1) is 10.9 Å². The molecule has 2 heterocycles. The maximum atomic E-state index is 12.2. The Morgan fingerprint density at radius 1 is 1.10 bits per heavy atom. The zero-order chi connectivity index (χ0) is 20.2. The number of rotatable bonds is 6.